The van der Waals surface area contributed by atoms with Gasteiger partial charge in [-0.1, -0.05) is 90.5 Å². The number of anilines is 1. The second kappa shape index (κ2) is 8.53. The lowest BCUT2D eigenvalue weighted by Gasteiger charge is -2.57. The number of benzene rings is 4. The highest BCUT2D eigenvalue weighted by atomic mass is 35.5. The summed E-state index contributed by atoms with van der Waals surface area (Å²) in [5, 5.41) is 0.773. The number of carbonyl (C=O) groups is 1. The van der Waals surface area contributed by atoms with Crippen molar-refractivity contribution < 1.29 is 9.53 Å². The van der Waals surface area contributed by atoms with Crippen LogP contribution >= 0.6 is 23.4 Å². The standard InChI is InChI=1S/C29H22ClNO2S/c30-23-16-8-7-15-22(23)26-19-29(20-11-3-1-4-12-20)27(33-21-13-5-2-6-14-21)28(32)31(29)24-17-9-10-18-25(24)34-26/h1-18,26-27H,19H2/t26-,27+,29-/m1/s1. The van der Waals surface area contributed by atoms with Gasteiger partial charge in [-0.2, -0.15) is 0 Å². The Balaban J connectivity index is 1.56. The van der Waals surface area contributed by atoms with E-state index in [2.05, 4.69) is 24.3 Å². The Bertz CT molecular complexity index is 1350. The molecule has 0 radical (unpaired) electrons. The van der Waals surface area contributed by atoms with E-state index in [1.54, 1.807) is 11.8 Å². The lowest BCUT2D eigenvalue weighted by Crippen LogP contribution is -2.74. The Labute approximate surface area is 208 Å². The molecule has 2 aliphatic rings. The van der Waals surface area contributed by atoms with Gasteiger partial charge >= 0.3 is 0 Å². The van der Waals surface area contributed by atoms with Gasteiger partial charge in [0, 0.05) is 15.2 Å². The predicted molar refractivity (Wildman–Crippen MR) is 138 cm³/mol. The van der Waals surface area contributed by atoms with Crippen LogP contribution in [0.5, 0.6) is 5.75 Å². The fourth-order valence-electron chi connectivity index (χ4n) is 5.14. The number of amides is 1. The molecule has 0 bridgehead atoms. The molecule has 2 aliphatic heterocycles. The fourth-order valence-corrected chi connectivity index (χ4v) is 6.88. The quantitative estimate of drug-likeness (QED) is 0.286. The van der Waals surface area contributed by atoms with E-state index in [1.807, 2.05) is 89.8 Å². The molecule has 3 atom stereocenters. The predicted octanol–water partition coefficient (Wildman–Crippen LogP) is 7.27. The molecule has 6 rings (SSSR count). The molecule has 3 nitrogen and oxygen atoms in total. The average molecular weight is 484 g/mol. The van der Waals surface area contributed by atoms with Crippen LogP contribution < -0.4 is 9.64 Å². The average Bonchev–Trinajstić information content (AvgIpc) is 3.02. The molecule has 0 spiro atoms. The van der Waals surface area contributed by atoms with Gasteiger partial charge < -0.3 is 4.74 Å². The molecule has 1 saturated heterocycles. The van der Waals surface area contributed by atoms with E-state index in [0.29, 0.717) is 12.2 Å². The zero-order valence-corrected chi connectivity index (χ0v) is 19.9. The van der Waals surface area contributed by atoms with E-state index in [4.69, 9.17) is 16.3 Å². The largest absolute Gasteiger partial charge is 0.478 e. The summed E-state index contributed by atoms with van der Waals surface area (Å²) in [4.78, 5) is 16.8. The van der Waals surface area contributed by atoms with E-state index < -0.39 is 11.6 Å². The Morgan fingerprint density at radius 2 is 1.47 bits per heavy atom. The molecule has 0 unspecified atom stereocenters. The maximum Gasteiger partial charge on any atom is 0.271 e. The van der Waals surface area contributed by atoms with Crippen LogP contribution in [-0.4, -0.2) is 12.0 Å². The van der Waals surface area contributed by atoms with Crippen LogP contribution in [0.3, 0.4) is 0 Å². The van der Waals surface area contributed by atoms with Crippen molar-refractivity contribution in [1.82, 2.24) is 0 Å². The summed E-state index contributed by atoms with van der Waals surface area (Å²) < 4.78 is 6.44. The van der Waals surface area contributed by atoms with Crippen molar-refractivity contribution in [3.8, 4) is 5.75 Å². The van der Waals surface area contributed by atoms with Crippen molar-refractivity contribution in [3.05, 3.63) is 125 Å². The molecule has 4 aromatic rings. The van der Waals surface area contributed by atoms with Crippen molar-refractivity contribution in [2.45, 2.75) is 28.2 Å². The lowest BCUT2D eigenvalue weighted by atomic mass is 9.70. The van der Waals surface area contributed by atoms with Crippen molar-refractivity contribution in [2.75, 3.05) is 4.90 Å². The molecule has 2 heterocycles. The number of fused-ring (bicyclic) bond motifs is 3. The molecule has 0 saturated carbocycles. The van der Waals surface area contributed by atoms with Crippen molar-refractivity contribution in [1.29, 1.82) is 0 Å². The first kappa shape index (κ1) is 21.3. The number of halogens is 1. The van der Waals surface area contributed by atoms with Crippen LogP contribution in [-0.2, 0) is 10.3 Å². The van der Waals surface area contributed by atoms with E-state index in [1.165, 1.54) is 0 Å². The maximum atomic E-state index is 13.8. The first-order valence-electron chi connectivity index (χ1n) is 11.3. The Kier molecular flexibility index (Phi) is 5.35. The summed E-state index contributed by atoms with van der Waals surface area (Å²) in [6.45, 7) is 0. The molecule has 34 heavy (non-hydrogen) atoms. The molecular formula is C29H22ClNO2S. The highest BCUT2D eigenvalue weighted by Gasteiger charge is 2.65. The topological polar surface area (TPSA) is 29.5 Å². The number of hydrogen-bond acceptors (Lipinski definition) is 3. The Morgan fingerprint density at radius 1 is 0.824 bits per heavy atom. The Morgan fingerprint density at radius 3 is 2.24 bits per heavy atom. The summed E-state index contributed by atoms with van der Waals surface area (Å²) in [7, 11) is 0. The number of nitrogens with zero attached hydrogens (tertiary/aromatic N) is 1. The third kappa shape index (κ3) is 3.32. The number of thioether (sulfide) groups is 1. The highest BCUT2D eigenvalue weighted by molar-refractivity contribution is 7.99. The van der Waals surface area contributed by atoms with Crippen LogP contribution in [0.1, 0.15) is 22.8 Å². The summed E-state index contributed by atoms with van der Waals surface area (Å²) in [6.07, 6.45) is 0.0256. The minimum absolute atomic E-state index is 0.0273. The van der Waals surface area contributed by atoms with Crippen LogP contribution in [0.15, 0.2) is 114 Å². The number of carbonyl (C=O) groups excluding carboxylic acids is 1. The van der Waals surface area contributed by atoms with Gasteiger partial charge in [0.2, 0.25) is 6.10 Å². The van der Waals surface area contributed by atoms with Gasteiger partial charge in [-0.3, -0.25) is 9.69 Å². The second-order valence-electron chi connectivity index (χ2n) is 8.57. The highest BCUT2D eigenvalue weighted by Crippen LogP contribution is 2.60. The number of rotatable bonds is 4. The van der Waals surface area contributed by atoms with E-state index in [-0.39, 0.29) is 11.2 Å². The van der Waals surface area contributed by atoms with Gasteiger partial charge in [0.15, 0.2) is 0 Å². The normalized spacial score (nSPS) is 23.3. The van der Waals surface area contributed by atoms with Crippen molar-refractivity contribution in [2.24, 2.45) is 0 Å². The summed E-state index contributed by atoms with van der Waals surface area (Å²) in [5.41, 5.74) is 2.38. The van der Waals surface area contributed by atoms with Gasteiger partial charge in [0.1, 0.15) is 11.3 Å². The van der Waals surface area contributed by atoms with Gasteiger partial charge in [-0.25, -0.2) is 0 Å². The van der Waals surface area contributed by atoms with E-state index >= 15 is 0 Å². The van der Waals surface area contributed by atoms with Crippen LogP contribution in [0, 0.1) is 0 Å². The molecule has 0 N–H and O–H groups in total. The molecule has 4 aromatic carbocycles. The SMILES string of the molecule is O=C1[C@H](Oc2ccccc2)[C@]2(c3ccccc3)C[C@H](c3ccccc3Cl)Sc3ccccc3N12. The second-order valence-corrected chi connectivity index (χ2v) is 10.2. The smallest absolute Gasteiger partial charge is 0.271 e. The van der Waals surface area contributed by atoms with E-state index in [9.17, 15) is 4.79 Å². The van der Waals surface area contributed by atoms with Gasteiger partial charge in [-0.15, -0.1) is 11.8 Å². The first-order valence-corrected chi connectivity index (χ1v) is 12.6. The maximum absolute atomic E-state index is 13.8. The first-order chi connectivity index (χ1) is 16.7. The van der Waals surface area contributed by atoms with Gasteiger partial charge in [0.05, 0.1) is 5.69 Å². The number of hydrogen-bond donors (Lipinski definition) is 0. The molecule has 5 heteroatoms. The van der Waals surface area contributed by atoms with Crippen molar-refractivity contribution in [3.63, 3.8) is 0 Å². The van der Waals surface area contributed by atoms with Crippen molar-refractivity contribution >= 4 is 35.0 Å². The zero-order chi connectivity index (χ0) is 23.1. The van der Waals surface area contributed by atoms with Gasteiger partial charge in [-0.05, 0) is 47.9 Å². The van der Waals surface area contributed by atoms with E-state index in [0.717, 1.165) is 26.7 Å². The number of ether oxygens (including phenoxy) is 1. The summed E-state index contributed by atoms with van der Waals surface area (Å²) in [5.74, 6) is 0.663. The van der Waals surface area contributed by atoms with Crippen LogP contribution in [0.2, 0.25) is 5.02 Å². The number of para-hydroxylation sites is 2. The Hall–Kier alpha value is -3.21. The summed E-state index contributed by atoms with van der Waals surface area (Å²) >= 11 is 8.46. The minimum Gasteiger partial charge on any atom is -0.478 e. The monoisotopic (exact) mass is 483 g/mol. The minimum atomic E-state index is -0.669. The third-order valence-corrected chi connectivity index (χ3v) is 8.32. The molecule has 0 aliphatic carbocycles. The fraction of sp³-hybridized carbons (Fsp3) is 0.138. The van der Waals surface area contributed by atoms with Crippen LogP contribution in [0.25, 0.3) is 0 Å². The zero-order valence-electron chi connectivity index (χ0n) is 18.3. The lowest BCUT2D eigenvalue weighted by molar-refractivity contribution is -0.142. The molecular weight excluding hydrogens is 462 g/mol. The molecule has 1 fully saturated rings. The molecule has 168 valence electrons. The summed E-state index contributed by atoms with van der Waals surface area (Å²) in [6, 6.07) is 36.0. The molecule has 1 amide bonds. The molecule has 0 aromatic heterocycles. The van der Waals surface area contributed by atoms with Crippen LogP contribution in [0.4, 0.5) is 5.69 Å². The third-order valence-electron chi connectivity index (χ3n) is 6.67. The van der Waals surface area contributed by atoms with Gasteiger partial charge in [0.25, 0.3) is 5.91 Å². The number of β-lactam (4-membered cyclic amide) rings is 1.